The Morgan fingerprint density at radius 2 is 2.00 bits per heavy atom. The number of para-hydroxylation sites is 1. The predicted octanol–water partition coefficient (Wildman–Crippen LogP) is 1.45. The van der Waals surface area contributed by atoms with Crippen LogP contribution >= 0.6 is 0 Å². The third kappa shape index (κ3) is 2.53. The molecule has 3 N–H and O–H groups in total. The number of carbonyl (C=O) groups is 1. The minimum Gasteiger partial charge on any atom is -0.308 e. The number of H-pyrrole nitrogens is 1. The molecule has 0 unspecified atom stereocenters. The van der Waals surface area contributed by atoms with Crippen LogP contribution in [-0.2, 0) is 0 Å². The maximum absolute atomic E-state index is 11.4. The van der Waals surface area contributed by atoms with Gasteiger partial charge in [0.2, 0.25) is 5.95 Å². The Hall–Kier alpha value is -2.37. The number of anilines is 2. The molecule has 1 aromatic carbocycles. The van der Waals surface area contributed by atoms with Gasteiger partial charge in [-0.3, -0.25) is 5.32 Å². The van der Waals surface area contributed by atoms with E-state index < -0.39 is 0 Å². The summed E-state index contributed by atoms with van der Waals surface area (Å²) in [4.78, 5) is 15.1. The first-order valence-corrected chi connectivity index (χ1v) is 4.33. The number of aromatic amines is 1. The maximum Gasteiger partial charge on any atom is 0.326 e. The summed E-state index contributed by atoms with van der Waals surface area (Å²) < 4.78 is 0. The second-order valence-corrected chi connectivity index (χ2v) is 2.78. The Labute approximate surface area is 85.7 Å². The van der Waals surface area contributed by atoms with Gasteiger partial charge in [-0.25, -0.2) is 9.89 Å². The highest BCUT2D eigenvalue weighted by Gasteiger charge is 2.02. The number of nitrogens with one attached hydrogen (secondary N) is 3. The maximum atomic E-state index is 11.4. The summed E-state index contributed by atoms with van der Waals surface area (Å²) in [6, 6.07) is 8.77. The van der Waals surface area contributed by atoms with E-state index in [0.717, 1.165) is 5.69 Å². The average Bonchev–Trinajstić information content (AvgIpc) is 2.71. The quantitative estimate of drug-likeness (QED) is 0.690. The van der Waals surface area contributed by atoms with Crippen LogP contribution in [0.5, 0.6) is 0 Å². The zero-order valence-electron chi connectivity index (χ0n) is 7.77. The Bertz CT molecular complexity index is 425. The molecule has 76 valence electrons. The lowest BCUT2D eigenvalue weighted by molar-refractivity contribution is 0.262. The molecule has 0 saturated carbocycles. The Balaban J connectivity index is 1.94. The molecular weight excluding hydrogens is 194 g/mol. The van der Waals surface area contributed by atoms with Crippen LogP contribution in [0.15, 0.2) is 36.7 Å². The standard InChI is InChI=1S/C9H9N5O/c15-9(13-8-10-6-11-14-8)12-7-4-2-1-3-5-7/h1-6H,(H3,10,11,12,13,14,15). The van der Waals surface area contributed by atoms with E-state index in [9.17, 15) is 4.79 Å². The van der Waals surface area contributed by atoms with E-state index in [1.165, 1.54) is 6.33 Å². The number of rotatable bonds is 2. The van der Waals surface area contributed by atoms with Gasteiger partial charge in [-0.2, -0.15) is 10.1 Å². The molecule has 2 rings (SSSR count). The van der Waals surface area contributed by atoms with Crippen LogP contribution in [0, 0.1) is 0 Å². The molecule has 6 nitrogen and oxygen atoms in total. The lowest BCUT2D eigenvalue weighted by atomic mass is 10.3. The Morgan fingerprint density at radius 1 is 1.20 bits per heavy atom. The normalized spacial score (nSPS) is 9.60. The number of hydrogen-bond donors (Lipinski definition) is 3. The lowest BCUT2D eigenvalue weighted by Crippen LogP contribution is -2.20. The number of nitrogens with zero attached hydrogens (tertiary/aromatic N) is 2. The van der Waals surface area contributed by atoms with E-state index in [-0.39, 0.29) is 6.03 Å². The van der Waals surface area contributed by atoms with Crippen LogP contribution in [0.3, 0.4) is 0 Å². The molecule has 1 heterocycles. The van der Waals surface area contributed by atoms with Gasteiger partial charge in [-0.15, -0.1) is 0 Å². The highest BCUT2D eigenvalue weighted by molar-refractivity contribution is 5.98. The van der Waals surface area contributed by atoms with Gasteiger partial charge in [0.05, 0.1) is 0 Å². The van der Waals surface area contributed by atoms with Crippen molar-refractivity contribution >= 4 is 17.7 Å². The Morgan fingerprint density at radius 3 is 2.67 bits per heavy atom. The molecule has 0 spiro atoms. The van der Waals surface area contributed by atoms with Crippen LogP contribution in [0.4, 0.5) is 16.4 Å². The van der Waals surface area contributed by atoms with Gasteiger partial charge >= 0.3 is 6.03 Å². The van der Waals surface area contributed by atoms with Crippen molar-refractivity contribution in [2.45, 2.75) is 0 Å². The number of carbonyl (C=O) groups excluding carboxylic acids is 1. The smallest absolute Gasteiger partial charge is 0.308 e. The van der Waals surface area contributed by atoms with Crippen molar-refractivity contribution in [3.8, 4) is 0 Å². The van der Waals surface area contributed by atoms with Gasteiger partial charge in [0.1, 0.15) is 6.33 Å². The minimum atomic E-state index is -0.363. The monoisotopic (exact) mass is 203 g/mol. The van der Waals surface area contributed by atoms with Gasteiger partial charge in [0.15, 0.2) is 0 Å². The number of benzene rings is 1. The summed E-state index contributed by atoms with van der Waals surface area (Å²) in [6.07, 6.45) is 1.32. The fourth-order valence-corrected chi connectivity index (χ4v) is 1.06. The molecule has 0 bridgehead atoms. The van der Waals surface area contributed by atoms with Gasteiger partial charge in [-0.1, -0.05) is 18.2 Å². The molecule has 0 aliphatic carbocycles. The summed E-state index contributed by atoms with van der Waals surface area (Å²) in [5, 5.41) is 11.3. The fraction of sp³-hybridized carbons (Fsp3) is 0. The molecule has 2 amide bonds. The molecular formula is C9H9N5O. The lowest BCUT2D eigenvalue weighted by Gasteiger charge is -2.04. The number of hydrogen-bond acceptors (Lipinski definition) is 3. The van der Waals surface area contributed by atoms with E-state index in [2.05, 4.69) is 25.8 Å². The van der Waals surface area contributed by atoms with Gasteiger partial charge in [-0.05, 0) is 12.1 Å². The van der Waals surface area contributed by atoms with Crippen molar-refractivity contribution < 1.29 is 4.79 Å². The second kappa shape index (κ2) is 4.23. The largest absolute Gasteiger partial charge is 0.326 e. The zero-order chi connectivity index (χ0) is 10.5. The summed E-state index contributed by atoms with van der Waals surface area (Å²) in [5.74, 6) is 0.309. The van der Waals surface area contributed by atoms with Crippen molar-refractivity contribution in [2.75, 3.05) is 10.6 Å². The van der Waals surface area contributed by atoms with Crippen molar-refractivity contribution in [2.24, 2.45) is 0 Å². The molecule has 0 aliphatic heterocycles. The topological polar surface area (TPSA) is 82.7 Å². The number of amides is 2. The molecule has 0 aliphatic rings. The third-order valence-corrected chi connectivity index (χ3v) is 1.68. The fourth-order valence-electron chi connectivity index (χ4n) is 1.06. The molecule has 6 heteroatoms. The van der Waals surface area contributed by atoms with Crippen molar-refractivity contribution in [1.82, 2.24) is 15.2 Å². The molecule has 0 fully saturated rings. The second-order valence-electron chi connectivity index (χ2n) is 2.78. The zero-order valence-corrected chi connectivity index (χ0v) is 7.77. The first-order chi connectivity index (χ1) is 7.34. The van der Waals surface area contributed by atoms with E-state index in [1.54, 1.807) is 12.1 Å². The number of aromatic nitrogens is 3. The van der Waals surface area contributed by atoms with Crippen molar-refractivity contribution in [3.05, 3.63) is 36.7 Å². The molecule has 0 saturated heterocycles. The van der Waals surface area contributed by atoms with Crippen molar-refractivity contribution in [3.63, 3.8) is 0 Å². The van der Waals surface area contributed by atoms with Crippen LogP contribution in [0.2, 0.25) is 0 Å². The molecule has 15 heavy (non-hydrogen) atoms. The van der Waals surface area contributed by atoms with Crippen LogP contribution in [0.25, 0.3) is 0 Å². The first kappa shape index (κ1) is 9.20. The van der Waals surface area contributed by atoms with Crippen LogP contribution in [0.1, 0.15) is 0 Å². The Kier molecular flexibility index (Phi) is 2.59. The predicted molar refractivity (Wildman–Crippen MR) is 55.5 cm³/mol. The van der Waals surface area contributed by atoms with Crippen LogP contribution < -0.4 is 10.6 Å². The highest BCUT2D eigenvalue weighted by Crippen LogP contribution is 2.05. The molecule has 0 atom stereocenters. The summed E-state index contributed by atoms with van der Waals surface area (Å²) >= 11 is 0. The van der Waals surface area contributed by atoms with Gasteiger partial charge in [0.25, 0.3) is 0 Å². The first-order valence-electron chi connectivity index (χ1n) is 4.33. The molecule has 1 aromatic heterocycles. The van der Waals surface area contributed by atoms with Crippen molar-refractivity contribution in [1.29, 1.82) is 0 Å². The summed E-state index contributed by atoms with van der Waals surface area (Å²) in [7, 11) is 0. The average molecular weight is 203 g/mol. The summed E-state index contributed by atoms with van der Waals surface area (Å²) in [5.41, 5.74) is 0.717. The van der Waals surface area contributed by atoms with Crippen LogP contribution in [-0.4, -0.2) is 21.2 Å². The highest BCUT2D eigenvalue weighted by atomic mass is 16.2. The van der Waals surface area contributed by atoms with E-state index in [1.807, 2.05) is 18.2 Å². The molecule has 2 aromatic rings. The van der Waals surface area contributed by atoms with Gasteiger partial charge < -0.3 is 5.32 Å². The minimum absolute atomic E-state index is 0.309. The van der Waals surface area contributed by atoms with E-state index in [4.69, 9.17) is 0 Å². The van der Waals surface area contributed by atoms with Gasteiger partial charge in [0, 0.05) is 5.69 Å². The van der Waals surface area contributed by atoms with E-state index in [0.29, 0.717) is 5.95 Å². The number of urea groups is 1. The van der Waals surface area contributed by atoms with E-state index >= 15 is 0 Å². The SMILES string of the molecule is O=C(Nc1ccccc1)Nc1ncn[nH]1. The third-order valence-electron chi connectivity index (χ3n) is 1.68. The summed E-state index contributed by atoms with van der Waals surface area (Å²) in [6.45, 7) is 0. The molecule has 0 radical (unpaired) electrons.